The van der Waals surface area contributed by atoms with Crippen molar-refractivity contribution in [2.24, 2.45) is 0 Å². The van der Waals surface area contributed by atoms with Gasteiger partial charge in [0.15, 0.2) is 5.65 Å². The van der Waals surface area contributed by atoms with Crippen molar-refractivity contribution < 1.29 is 4.79 Å². The Labute approximate surface area is 185 Å². The molecule has 0 aliphatic carbocycles. The van der Waals surface area contributed by atoms with Crippen LogP contribution >= 0.6 is 15.9 Å². The first-order chi connectivity index (χ1) is 15.2. The number of nitrogens with zero attached hydrogens (tertiary/aromatic N) is 5. The minimum atomic E-state index is -0.190. The van der Waals surface area contributed by atoms with E-state index in [1.54, 1.807) is 16.8 Å². The van der Waals surface area contributed by atoms with Crippen LogP contribution < -0.4 is 5.32 Å². The summed E-state index contributed by atoms with van der Waals surface area (Å²) in [4.78, 5) is 17.0. The molecular weight excluding hydrogens is 456 g/mol. The number of halogens is 1. The number of fused-ring (bicyclic) bond motifs is 1. The third-order valence-electron chi connectivity index (χ3n) is 4.69. The van der Waals surface area contributed by atoms with Gasteiger partial charge in [-0.25, -0.2) is 0 Å². The lowest BCUT2D eigenvalue weighted by molar-refractivity contribution is 0.102. The van der Waals surface area contributed by atoms with Gasteiger partial charge < -0.3 is 5.32 Å². The van der Waals surface area contributed by atoms with Crippen LogP contribution in [0.5, 0.6) is 0 Å². The van der Waals surface area contributed by atoms with Gasteiger partial charge in [0.05, 0.1) is 11.3 Å². The number of hydrogen-bond donors (Lipinski definition) is 1. The van der Waals surface area contributed by atoms with Gasteiger partial charge in [-0.3, -0.25) is 9.78 Å². The molecule has 8 heteroatoms. The Hall–Kier alpha value is -3.91. The first-order valence-corrected chi connectivity index (χ1v) is 10.3. The van der Waals surface area contributed by atoms with Gasteiger partial charge in [-0.05, 0) is 64.5 Å². The van der Waals surface area contributed by atoms with Crippen LogP contribution in [0.4, 0.5) is 5.69 Å². The second kappa shape index (κ2) is 8.08. The normalized spacial score (nSPS) is 10.9. The van der Waals surface area contributed by atoms with Gasteiger partial charge >= 0.3 is 0 Å². The fraction of sp³-hybridized carbons (Fsp3) is 0. The molecule has 0 radical (unpaired) electrons. The quantitative estimate of drug-likeness (QED) is 0.405. The molecule has 31 heavy (non-hydrogen) atoms. The number of aromatic nitrogens is 5. The average molecular weight is 471 g/mol. The minimum absolute atomic E-state index is 0.190. The molecule has 0 aliphatic rings. The van der Waals surface area contributed by atoms with E-state index in [-0.39, 0.29) is 5.91 Å². The van der Waals surface area contributed by atoms with Crippen molar-refractivity contribution in [3.8, 4) is 22.8 Å². The van der Waals surface area contributed by atoms with Crippen LogP contribution in [0.1, 0.15) is 10.4 Å². The highest BCUT2D eigenvalue weighted by Gasteiger charge is 2.13. The Bertz CT molecular complexity index is 1400. The molecule has 0 unspecified atom stereocenters. The van der Waals surface area contributed by atoms with Crippen LogP contribution in [0.2, 0.25) is 0 Å². The molecule has 3 heterocycles. The SMILES string of the molecule is O=C(Nc1cccc(-c2ccc3nnc(-c4ccccn4)n3n2)c1)c1ccccc1Br. The Morgan fingerprint density at radius 1 is 0.871 bits per heavy atom. The Kier molecular flexibility index (Phi) is 4.97. The lowest BCUT2D eigenvalue weighted by Crippen LogP contribution is -2.12. The molecule has 7 nitrogen and oxygen atoms in total. The first kappa shape index (κ1) is 19.1. The summed E-state index contributed by atoms with van der Waals surface area (Å²) in [5.74, 6) is 0.375. The van der Waals surface area contributed by atoms with Crippen molar-refractivity contribution in [2.45, 2.75) is 0 Å². The predicted molar refractivity (Wildman–Crippen MR) is 122 cm³/mol. The van der Waals surface area contributed by atoms with E-state index < -0.39 is 0 Å². The third-order valence-corrected chi connectivity index (χ3v) is 5.38. The fourth-order valence-corrected chi connectivity index (χ4v) is 3.66. The number of benzene rings is 2. The van der Waals surface area contributed by atoms with Gasteiger partial charge in [-0.2, -0.15) is 9.61 Å². The summed E-state index contributed by atoms with van der Waals surface area (Å²) in [7, 11) is 0. The van der Waals surface area contributed by atoms with Crippen LogP contribution in [0, 0.1) is 0 Å². The number of rotatable bonds is 4. The third kappa shape index (κ3) is 3.80. The van der Waals surface area contributed by atoms with Gasteiger partial charge in [0.25, 0.3) is 5.91 Å². The summed E-state index contributed by atoms with van der Waals surface area (Å²) in [5, 5.41) is 16.0. The smallest absolute Gasteiger partial charge is 0.256 e. The molecular formula is C23H15BrN6O. The van der Waals surface area contributed by atoms with E-state index in [1.807, 2.05) is 72.8 Å². The molecule has 5 aromatic rings. The summed E-state index contributed by atoms with van der Waals surface area (Å²) >= 11 is 3.42. The maximum atomic E-state index is 12.6. The van der Waals surface area contributed by atoms with Crippen LogP contribution in [0.3, 0.4) is 0 Å². The molecule has 0 spiro atoms. The predicted octanol–water partition coefficient (Wildman–Crippen LogP) is 4.87. The maximum absolute atomic E-state index is 12.6. The molecule has 0 saturated heterocycles. The summed E-state index contributed by atoms with van der Waals surface area (Å²) in [6.45, 7) is 0. The molecule has 1 amide bonds. The van der Waals surface area contributed by atoms with E-state index in [2.05, 4.69) is 36.4 Å². The number of anilines is 1. The van der Waals surface area contributed by atoms with Crippen LogP contribution in [0.25, 0.3) is 28.4 Å². The van der Waals surface area contributed by atoms with E-state index in [9.17, 15) is 4.79 Å². The van der Waals surface area contributed by atoms with Gasteiger partial charge in [0, 0.05) is 21.9 Å². The first-order valence-electron chi connectivity index (χ1n) is 9.49. The van der Waals surface area contributed by atoms with E-state index in [4.69, 9.17) is 5.10 Å². The zero-order chi connectivity index (χ0) is 21.2. The lowest BCUT2D eigenvalue weighted by atomic mass is 10.1. The minimum Gasteiger partial charge on any atom is -0.322 e. The Balaban J connectivity index is 1.48. The molecule has 0 saturated carbocycles. The van der Waals surface area contributed by atoms with Crippen molar-refractivity contribution in [3.63, 3.8) is 0 Å². The summed E-state index contributed by atoms with van der Waals surface area (Å²) in [6.07, 6.45) is 1.71. The second-order valence-corrected chi connectivity index (χ2v) is 7.60. The van der Waals surface area contributed by atoms with Crippen molar-refractivity contribution in [1.29, 1.82) is 0 Å². The molecule has 0 aliphatic heterocycles. The maximum Gasteiger partial charge on any atom is 0.256 e. The number of pyridine rings is 1. The highest BCUT2D eigenvalue weighted by Crippen LogP contribution is 2.24. The summed E-state index contributed by atoms with van der Waals surface area (Å²) < 4.78 is 2.41. The van der Waals surface area contributed by atoms with Gasteiger partial charge in [0.1, 0.15) is 5.69 Å². The highest BCUT2D eigenvalue weighted by atomic mass is 79.9. The number of carbonyl (C=O) groups excluding carboxylic acids is 1. The topological polar surface area (TPSA) is 85.1 Å². The standard InChI is InChI=1S/C23H15BrN6O/c24-18-9-2-1-8-17(18)23(31)26-16-7-5-6-15(14-16)19-11-12-21-27-28-22(30(21)29-19)20-10-3-4-13-25-20/h1-14H,(H,26,31). The van der Waals surface area contributed by atoms with Crippen molar-refractivity contribution >= 4 is 33.2 Å². The zero-order valence-electron chi connectivity index (χ0n) is 16.1. The van der Waals surface area contributed by atoms with E-state index >= 15 is 0 Å². The lowest BCUT2D eigenvalue weighted by Gasteiger charge is -2.09. The highest BCUT2D eigenvalue weighted by molar-refractivity contribution is 9.10. The monoisotopic (exact) mass is 470 g/mol. The van der Waals surface area contributed by atoms with Crippen LogP contribution in [-0.2, 0) is 0 Å². The Morgan fingerprint density at radius 2 is 1.74 bits per heavy atom. The van der Waals surface area contributed by atoms with E-state index in [1.165, 1.54) is 0 Å². The van der Waals surface area contributed by atoms with Crippen molar-refractivity contribution in [1.82, 2.24) is 24.8 Å². The molecule has 0 bridgehead atoms. The number of amides is 1. The molecule has 2 aromatic carbocycles. The molecule has 3 aromatic heterocycles. The number of hydrogen-bond acceptors (Lipinski definition) is 5. The molecule has 150 valence electrons. The average Bonchev–Trinajstić information content (AvgIpc) is 3.23. The van der Waals surface area contributed by atoms with E-state index in [0.29, 0.717) is 28.4 Å². The Morgan fingerprint density at radius 3 is 2.58 bits per heavy atom. The van der Waals surface area contributed by atoms with Gasteiger partial charge in [0.2, 0.25) is 5.82 Å². The summed E-state index contributed by atoms with van der Waals surface area (Å²) in [5.41, 5.74) is 4.14. The van der Waals surface area contributed by atoms with Crippen LogP contribution in [0.15, 0.2) is 89.5 Å². The largest absolute Gasteiger partial charge is 0.322 e. The molecule has 0 fully saturated rings. The summed E-state index contributed by atoms with van der Waals surface area (Å²) in [6, 6.07) is 24.2. The molecule has 1 N–H and O–H groups in total. The van der Waals surface area contributed by atoms with Gasteiger partial charge in [-0.1, -0.05) is 30.3 Å². The fourth-order valence-electron chi connectivity index (χ4n) is 3.20. The van der Waals surface area contributed by atoms with E-state index in [0.717, 1.165) is 15.7 Å². The van der Waals surface area contributed by atoms with Gasteiger partial charge in [-0.15, -0.1) is 10.2 Å². The number of carbonyl (C=O) groups is 1. The number of nitrogens with one attached hydrogen (secondary N) is 1. The second-order valence-electron chi connectivity index (χ2n) is 6.74. The van der Waals surface area contributed by atoms with Crippen LogP contribution in [-0.4, -0.2) is 30.7 Å². The molecule has 0 atom stereocenters. The van der Waals surface area contributed by atoms with Crippen molar-refractivity contribution in [3.05, 3.63) is 95.1 Å². The molecule has 5 rings (SSSR count). The van der Waals surface area contributed by atoms with Crippen molar-refractivity contribution in [2.75, 3.05) is 5.32 Å². The zero-order valence-corrected chi connectivity index (χ0v) is 17.7.